The van der Waals surface area contributed by atoms with Crippen LogP contribution < -0.4 is 5.32 Å². The molecule has 0 saturated heterocycles. The van der Waals surface area contributed by atoms with Crippen LogP contribution >= 0.6 is 0 Å². The molecule has 0 aliphatic carbocycles. The van der Waals surface area contributed by atoms with Gasteiger partial charge in [0.15, 0.2) is 0 Å². The first-order valence-corrected chi connectivity index (χ1v) is 5.70. The van der Waals surface area contributed by atoms with Crippen molar-refractivity contribution in [1.82, 2.24) is 15.3 Å². The molecule has 16 heavy (non-hydrogen) atoms. The Morgan fingerprint density at radius 2 is 2.25 bits per heavy atom. The van der Waals surface area contributed by atoms with E-state index in [4.69, 9.17) is 4.74 Å². The van der Waals surface area contributed by atoms with Crippen LogP contribution in [0.15, 0.2) is 30.6 Å². The smallest absolute Gasteiger partial charge is 0.115 e. The van der Waals surface area contributed by atoms with Crippen LogP contribution in [0.4, 0.5) is 0 Å². The minimum absolute atomic E-state index is 0.187. The molecule has 1 aromatic heterocycles. The summed E-state index contributed by atoms with van der Waals surface area (Å²) in [4.78, 5) is 8.13. The average molecular weight is 219 g/mol. The van der Waals surface area contributed by atoms with Crippen molar-refractivity contribution in [3.8, 4) is 0 Å². The molecule has 1 unspecified atom stereocenters. The highest BCUT2D eigenvalue weighted by Gasteiger charge is 2.18. The van der Waals surface area contributed by atoms with E-state index in [2.05, 4.69) is 22.2 Å². The highest BCUT2D eigenvalue weighted by molar-refractivity contribution is 5.23. The van der Waals surface area contributed by atoms with E-state index in [-0.39, 0.29) is 6.04 Å². The van der Waals surface area contributed by atoms with Crippen molar-refractivity contribution in [3.05, 3.63) is 36.1 Å². The standard InChI is InChI=1S/C12H17N3O/c1-2-15-12(10-4-3-5-16-8-10)11-6-13-9-14-7-11/h6-9,12,15H,2-5H2,1H3. The number of rotatable bonds is 4. The topological polar surface area (TPSA) is 47.0 Å². The summed E-state index contributed by atoms with van der Waals surface area (Å²) in [6.45, 7) is 3.84. The van der Waals surface area contributed by atoms with Crippen LogP contribution in [-0.4, -0.2) is 23.1 Å². The fraction of sp³-hybridized carbons (Fsp3) is 0.500. The van der Waals surface area contributed by atoms with Gasteiger partial charge in [-0.3, -0.25) is 0 Å². The van der Waals surface area contributed by atoms with E-state index >= 15 is 0 Å². The van der Waals surface area contributed by atoms with Gasteiger partial charge in [0.25, 0.3) is 0 Å². The Bertz CT molecular complexity index is 351. The van der Waals surface area contributed by atoms with Crippen LogP contribution in [0.5, 0.6) is 0 Å². The summed E-state index contributed by atoms with van der Waals surface area (Å²) >= 11 is 0. The largest absolute Gasteiger partial charge is 0.501 e. The molecule has 1 atom stereocenters. The van der Waals surface area contributed by atoms with Gasteiger partial charge in [-0.25, -0.2) is 9.97 Å². The molecule has 0 bridgehead atoms. The summed E-state index contributed by atoms with van der Waals surface area (Å²) in [6.07, 6.45) is 9.31. The molecule has 4 nitrogen and oxygen atoms in total. The van der Waals surface area contributed by atoms with Crippen molar-refractivity contribution in [2.24, 2.45) is 0 Å². The Hall–Kier alpha value is -1.42. The summed E-state index contributed by atoms with van der Waals surface area (Å²) in [5, 5.41) is 3.44. The fourth-order valence-electron chi connectivity index (χ4n) is 1.92. The highest BCUT2D eigenvalue weighted by atomic mass is 16.5. The zero-order valence-corrected chi connectivity index (χ0v) is 9.52. The molecule has 0 saturated carbocycles. The van der Waals surface area contributed by atoms with Gasteiger partial charge in [0, 0.05) is 18.0 Å². The first-order chi connectivity index (χ1) is 7.92. The van der Waals surface area contributed by atoms with Gasteiger partial charge in [0.2, 0.25) is 0 Å². The SMILES string of the molecule is CCNC(C1=COCCC1)c1cncnc1. The molecule has 0 radical (unpaired) electrons. The Balaban J connectivity index is 2.19. The van der Waals surface area contributed by atoms with Crippen LogP contribution in [0, 0.1) is 0 Å². The van der Waals surface area contributed by atoms with E-state index in [0.717, 1.165) is 31.6 Å². The number of hydrogen-bond acceptors (Lipinski definition) is 4. The van der Waals surface area contributed by atoms with Gasteiger partial charge < -0.3 is 10.1 Å². The molecule has 1 aliphatic heterocycles. The van der Waals surface area contributed by atoms with Gasteiger partial charge in [-0.2, -0.15) is 0 Å². The predicted molar refractivity (Wildman–Crippen MR) is 61.7 cm³/mol. The maximum atomic E-state index is 5.39. The first kappa shape index (κ1) is 11.1. The summed E-state index contributed by atoms with van der Waals surface area (Å²) in [6, 6.07) is 0.187. The van der Waals surface area contributed by atoms with E-state index < -0.39 is 0 Å². The van der Waals surface area contributed by atoms with Crippen molar-refractivity contribution < 1.29 is 4.74 Å². The van der Waals surface area contributed by atoms with Crippen molar-refractivity contribution in [2.75, 3.05) is 13.2 Å². The molecule has 1 aromatic rings. The third-order valence-corrected chi connectivity index (χ3v) is 2.66. The maximum absolute atomic E-state index is 5.39. The van der Waals surface area contributed by atoms with E-state index in [0.29, 0.717) is 0 Å². The predicted octanol–water partition coefficient (Wildman–Crippen LogP) is 1.82. The van der Waals surface area contributed by atoms with E-state index in [1.54, 1.807) is 6.33 Å². The molecule has 0 aromatic carbocycles. The number of aromatic nitrogens is 2. The minimum atomic E-state index is 0.187. The Labute approximate surface area is 95.8 Å². The van der Waals surface area contributed by atoms with Gasteiger partial charge in [-0.05, 0) is 25.0 Å². The molecule has 0 fully saturated rings. The summed E-state index contributed by atoms with van der Waals surface area (Å²) < 4.78 is 5.39. The number of nitrogens with one attached hydrogen (secondary N) is 1. The van der Waals surface area contributed by atoms with Crippen LogP contribution in [0.25, 0.3) is 0 Å². The van der Waals surface area contributed by atoms with Crippen LogP contribution in [0.1, 0.15) is 31.4 Å². The van der Waals surface area contributed by atoms with Gasteiger partial charge in [0.05, 0.1) is 18.9 Å². The maximum Gasteiger partial charge on any atom is 0.115 e. The van der Waals surface area contributed by atoms with Gasteiger partial charge >= 0.3 is 0 Å². The lowest BCUT2D eigenvalue weighted by atomic mass is 9.97. The molecule has 2 heterocycles. The Morgan fingerprint density at radius 1 is 1.44 bits per heavy atom. The van der Waals surface area contributed by atoms with E-state index in [1.807, 2.05) is 18.7 Å². The Kier molecular flexibility index (Phi) is 3.88. The zero-order valence-electron chi connectivity index (χ0n) is 9.52. The lowest BCUT2D eigenvalue weighted by molar-refractivity contribution is 0.219. The molecule has 2 rings (SSSR count). The molecular formula is C12H17N3O. The second-order valence-electron chi connectivity index (χ2n) is 3.83. The van der Waals surface area contributed by atoms with Crippen LogP contribution in [-0.2, 0) is 4.74 Å². The van der Waals surface area contributed by atoms with Gasteiger partial charge in [-0.1, -0.05) is 6.92 Å². The second-order valence-corrected chi connectivity index (χ2v) is 3.83. The van der Waals surface area contributed by atoms with Crippen molar-refractivity contribution in [1.29, 1.82) is 0 Å². The highest BCUT2D eigenvalue weighted by Crippen LogP contribution is 2.26. The second kappa shape index (κ2) is 5.61. The molecule has 1 N–H and O–H groups in total. The number of nitrogens with zero attached hydrogens (tertiary/aromatic N) is 2. The average Bonchev–Trinajstić information content (AvgIpc) is 2.38. The number of ether oxygens (including phenoxy) is 1. The van der Waals surface area contributed by atoms with Crippen molar-refractivity contribution in [3.63, 3.8) is 0 Å². The van der Waals surface area contributed by atoms with Gasteiger partial charge in [-0.15, -0.1) is 0 Å². The molecular weight excluding hydrogens is 202 g/mol. The lowest BCUT2D eigenvalue weighted by Crippen LogP contribution is -2.24. The first-order valence-electron chi connectivity index (χ1n) is 5.70. The minimum Gasteiger partial charge on any atom is -0.501 e. The van der Waals surface area contributed by atoms with E-state index in [9.17, 15) is 0 Å². The monoisotopic (exact) mass is 219 g/mol. The van der Waals surface area contributed by atoms with Crippen molar-refractivity contribution in [2.45, 2.75) is 25.8 Å². The molecule has 0 spiro atoms. The fourth-order valence-corrected chi connectivity index (χ4v) is 1.92. The van der Waals surface area contributed by atoms with Crippen molar-refractivity contribution >= 4 is 0 Å². The lowest BCUT2D eigenvalue weighted by Gasteiger charge is -2.23. The summed E-state index contributed by atoms with van der Waals surface area (Å²) in [5.41, 5.74) is 2.38. The van der Waals surface area contributed by atoms with Gasteiger partial charge in [0.1, 0.15) is 6.33 Å². The van der Waals surface area contributed by atoms with Crippen LogP contribution in [0.2, 0.25) is 0 Å². The summed E-state index contributed by atoms with van der Waals surface area (Å²) in [7, 11) is 0. The number of hydrogen-bond donors (Lipinski definition) is 1. The Morgan fingerprint density at radius 3 is 2.88 bits per heavy atom. The molecule has 0 amide bonds. The molecule has 1 aliphatic rings. The number of likely N-dealkylation sites (N-methyl/N-ethyl adjacent to an activating group) is 1. The zero-order chi connectivity index (χ0) is 11.2. The van der Waals surface area contributed by atoms with Crippen LogP contribution in [0.3, 0.4) is 0 Å². The third-order valence-electron chi connectivity index (χ3n) is 2.66. The summed E-state index contributed by atoms with van der Waals surface area (Å²) in [5.74, 6) is 0. The van der Waals surface area contributed by atoms with E-state index in [1.165, 1.54) is 5.57 Å². The normalized spacial score (nSPS) is 17.4. The molecule has 4 heteroatoms. The molecule has 86 valence electrons. The third kappa shape index (κ3) is 2.58. The quantitative estimate of drug-likeness (QED) is 0.839.